The zero-order valence-electron chi connectivity index (χ0n) is 17.1. The first-order valence-corrected chi connectivity index (χ1v) is 8.96. The third kappa shape index (κ3) is 4.53. The highest BCUT2D eigenvalue weighted by atomic mass is 16.6. The molecule has 0 amide bonds. The van der Waals surface area contributed by atoms with Crippen LogP contribution >= 0.6 is 0 Å². The number of nitro groups is 1. The summed E-state index contributed by atoms with van der Waals surface area (Å²) in [6.07, 6.45) is 1.43. The maximum Gasteiger partial charge on any atom is 0.363 e. The Morgan fingerprint density at radius 1 is 1.16 bits per heavy atom. The van der Waals surface area contributed by atoms with Gasteiger partial charge in [0, 0.05) is 24.1 Å². The van der Waals surface area contributed by atoms with Gasteiger partial charge in [-0.3, -0.25) is 14.9 Å². The van der Waals surface area contributed by atoms with Crippen LogP contribution in [0.1, 0.15) is 23.6 Å². The van der Waals surface area contributed by atoms with E-state index in [0.717, 1.165) is 0 Å². The van der Waals surface area contributed by atoms with Crippen LogP contribution in [0.3, 0.4) is 0 Å². The topological polar surface area (TPSA) is 127 Å². The summed E-state index contributed by atoms with van der Waals surface area (Å²) >= 11 is 0. The molecule has 0 spiro atoms. The van der Waals surface area contributed by atoms with Gasteiger partial charge in [-0.15, -0.1) is 0 Å². The molecule has 0 saturated carbocycles. The molecule has 0 radical (unpaired) electrons. The molecule has 2 aromatic carbocycles. The first-order chi connectivity index (χ1) is 14.7. The number of rotatable bonds is 6. The second kappa shape index (κ2) is 8.66. The number of cyclic esters (lactones) is 1. The summed E-state index contributed by atoms with van der Waals surface area (Å²) in [4.78, 5) is 38.5. The van der Waals surface area contributed by atoms with Gasteiger partial charge in [0.2, 0.25) is 11.6 Å². The maximum absolute atomic E-state index is 12.3. The van der Waals surface area contributed by atoms with Crippen molar-refractivity contribution in [2.45, 2.75) is 13.8 Å². The molecule has 1 aliphatic heterocycles. The predicted molar refractivity (Wildman–Crippen MR) is 109 cm³/mol. The Labute approximate surface area is 176 Å². The number of esters is 2. The SMILES string of the molecule is COc1cc(/C=C2\N=C(c3ccc(C)c([N+](=O)[O-])c3)OC2=O)cc(OC)c1OC(C)=O. The molecule has 10 nitrogen and oxygen atoms in total. The van der Waals surface area contributed by atoms with Crippen molar-refractivity contribution in [3.63, 3.8) is 0 Å². The third-order valence-corrected chi connectivity index (χ3v) is 4.31. The summed E-state index contributed by atoms with van der Waals surface area (Å²) in [6, 6.07) is 7.49. The number of methoxy groups -OCH3 is 2. The van der Waals surface area contributed by atoms with Gasteiger partial charge in [-0.2, -0.15) is 0 Å². The van der Waals surface area contributed by atoms with Crippen molar-refractivity contribution in [1.82, 2.24) is 0 Å². The molecule has 0 bridgehead atoms. The summed E-state index contributed by atoms with van der Waals surface area (Å²) in [5.41, 5.74) is 1.11. The lowest BCUT2D eigenvalue weighted by Crippen LogP contribution is -2.06. The van der Waals surface area contributed by atoms with Crippen LogP contribution in [0.25, 0.3) is 6.08 Å². The van der Waals surface area contributed by atoms with E-state index in [4.69, 9.17) is 18.9 Å². The van der Waals surface area contributed by atoms with Crippen molar-refractivity contribution in [3.05, 3.63) is 62.8 Å². The Morgan fingerprint density at radius 2 is 1.81 bits per heavy atom. The van der Waals surface area contributed by atoms with E-state index in [1.165, 1.54) is 45.4 Å². The molecule has 0 aliphatic carbocycles. The number of aliphatic imine (C=N–C) groups is 1. The molecule has 2 aromatic rings. The summed E-state index contributed by atoms with van der Waals surface area (Å²) in [5, 5.41) is 11.2. The number of ether oxygens (including phenoxy) is 4. The lowest BCUT2D eigenvalue weighted by atomic mass is 10.1. The average Bonchev–Trinajstić information content (AvgIpc) is 3.08. The van der Waals surface area contributed by atoms with Crippen molar-refractivity contribution < 1.29 is 33.5 Å². The Kier molecular flexibility index (Phi) is 6.00. The zero-order valence-corrected chi connectivity index (χ0v) is 17.1. The Hall–Kier alpha value is -4.21. The van der Waals surface area contributed by atoms with Crippen molar-refractivity contribution in [3.8, 4) is 17.2 Å². The number of hydrogen-bond donors (Lipinski definition) is 0. The first-order valence-electron chi connectivity index (χ1n) is 8.96. The van der Waals surface area contributed by atoms with Gasteiger partial charge in [-0.05, 0) is 36.8 Å². The highest BCUT2D eigenvalue weighted by Gasteiger charge is 2.26. The molecular formula is C21H18N2O8. The van der Waals surface area contributed by atoms with E-state index in [0.29, 0.717) is 16.7 Å². The van der Waals surface area contributed by atoms with E-state index in [9.17, 15) is 19.7 Å². The Balaban J connectivity index is 2.01. The molecule has 0 fully saturated rings. The summed E-state index contributed by atoms with van der Waals surface area (Å²) in [7, 11) is 2.78. The van der Waals surface area contributed by atoms with E-state index in [1.807, 2.05) is 0 Å². The molecule has 3 rings (SSSR count). The number of hydrogen-bond acceptors (Lipinski definition) is 9. The van der Waals surface area contributed by atoms with Gasteiger partial charge in [-0.1, -0.05) is 6.07 Å². The van der Waals surface area contributed by atoms with E-state index < -0.39 is 16.9 Å². The van der Waals surface area contributed by atoms with Gasteiger partial charge in [0.25, 0.3) is 5.69 Å². The molecule has 0 saturated heterocycles. The van der Waals surface area contributed by atoms with Crippen LogP contribution in [-0.4, -0.2) is 37.0 Å². The predicted octanol–water partition coefficient (Wildman–Crippen LogP) is 3.19. The maximum atomic E-state index is 12.3. The number of benzene rings is 2. The molecular weight excluding hydrogens is 408 g/mol. The Morgan fingerprint density at radius 3 is 2.35 bits per heavy atom. The van der Waals surface area contributed by atoms with Crippen LogP contribution in [0, 0.1) is 17.0 Å². The quantitative estimate of drug-likeness (QED) is 0.227. The van der Waals surface area contributed by atoms with E-state index >= 15 is 0 Å². The molecule has 0 aromatic heterocycles. The van der Waals surface area contributed by atoms with E-state index in [-0.39, 0.29) is 34.5 Å². The molecule has 0 N–H and O–H groups in total. The van der Waals surface area contributed by atoms with Crippen molar-refractivity contribution >= 4 is 29.6 Å². The van der Waals surface area contributed by atoms with Crippen molar-refractivity contribution in [1.29, 1.82) is 0 Å². The molecule has 1 heterocycles. The first kappa shape index (κ1) is 21.5. The number of nitro benzene ring substituents is 1. The fraction of sp³-hybridized carbons (Fsp3) is 0.190. The molecule has 160 valence electrons. The summed E-state index contributed by atoms with van der Waals surface area (Å²) in [6.45, 7) is 2.85. The molecule has 1 aliphatic rings. The second-order valence-electron chi connectivity index (χ2n) is 6.44. The number of carbonyl (C=O) groups excluding carboxylic acids is 2. The smallest absolute Gasteiger partial charge is 0.363 e. The van der Waals surface area contributed by atoms with Crippen LogP contribution in [0.15, 0.2) is 41.0 Å². The van der Waals surface area contributed by atoms with Crippen LogP contribution in [0.2, 0.25) is 0 Å². The lowest BCUT2D eigenvalue weighted by molar-refractivity contribution is -0.385. The molecule has 10 heteroatoms. The highest BCUT2D eigenvalue weighted by molar-refractivity contribution is 6.13. The van der Waals surface area contributed by atoms with Crippen molar-refractivity contribution in [2.24, 2.45) is 4.99 Å². The van der Waals surface area contributed by atoms with E-state index in [1.54, 1.807) is 19.1 Å². The van der Waals surface area contributed by atoms with Crippen molar-refractivity contribution in [2.75, 3.05) is 14.2 Å². The minimum absolute atomic E-state index is 0.0254. The van der Waals surface area contributed by atoms with Gasteiger partial charge in [-0.25, -0.2) is 9.79 Å². The summed E-state index contributed by atoms with van der Waals surface area (Å²) < 4.78 is 20.8. The van der Waals surface area contributed by atoms with Gasteiger partial charge in [0.15, 0.2) is 17.2 Å². The van der Waals surface area contributed by atoms with Gasteiger partial charge in [0.1, 0.15) is 0 Å². The number of nitrogens with zero attached hydrogens (tertiary/aromatic N) is 2. The van der Waals surface area contributed by atoms with Gasteiger partial charge in [0.05, 0.1) is 19.1 Å². The lowest BCUT2D eigenvalue weighted by Gasteiger charge is -2.13. The monoisotopic (exact) mass is 426 g/mol. The average molecular weight is 426 g/mol. The molecule has 0 atom stereocenters. The minimum atomic E-state index is -0.722. The molecule has 0 unspecified atom stereocenters. The van der Waals surface area contributed by atoms with Gasteiger partial charge >= 0.3 is 11.9 Å². The summed E-state index contributed by atoms with van der Waals surface area (Å²) in [5.74, 6) is -0.791. The van der Waals surface area contributed by atoms with Crippen LogP contribution in [0.5, 0.6) is 17.2 Å². The number of aryl methyl sites for hydroxylation is 1. The van der Waals surface area contributed by atoms with Crippen LogP contribution in [-0.2, 0) is 14.3 Å². The molecule has 31 heavy (non-hydrogen) atoms. The largest absolute Gasteiger partial charge is 0.493 e. The second-order valence-corrected chi connectivity index (χ2v) is 6.44. The van der Waals surface area contributed by atoms with Gasteiger partial charge < -0.3 is 18.9 Å². The standard InChI is InChI=1S/C21H18N2O8/c1-11-5-6-14(10-16(11)23(26)27)20-22-15(21(25)31-20)7-13-8-17(28-3)19(30-12(2)24)18(9-13)29-4/h5-10H,1-4H3/b15-7-. The fourth-order valence-electron chi connectivity index (χ4n) is 2.86. The zero-order chi connectivity index (χ0) is 22.7. The van der Waals surface area contributed by atoms with Crippen LogP contribution < -0.4 is 14.2 Å². The number of carbonyl (C=O) groups is 2. The third-order valence-electron chi connectivity index (χ3n) is 4.31. The Bertz CT molecular complexity index is 1130. The minimum Gasteiger partial charge on any atom is -0.493 e. The fourth-order valence-corrected chi connectivity index (χ4v) is 2.86. The van der Waals surface area contributed by atoms with E-state index in [2.05, 4.69) is 4.99 Å². The highest BCUT2D eigenvalue weighted by Crippen LogP contribution is 2.39. The van der Waals surface area contributed by atoms with Crippen LogP contribution in [0.4, 0.5) is 5.69 Å². The normalized spacial score (nSPS) is 14.1.